The van der Waals surface area contributed by atoms with E-state index in [-0.39, 0.29) is 5.91 Å². The Morgan fingerprint density at radius 1 is 1.21 bits per heavy atom. The number of ether oxygens (including phenoxy) is 1. The van der Waals surface area contributed by atoms with Crippen molar-refractivity contribution in [1.29, 1.82) is 0 Å². The lowest BCUT2D eigenvalue weighted by molar-refractivity contribution is 0.0590. The van der Waals surface area contributed by atoms with Gasteiger partial charge in [-0.3, -0.25) is 14.8 Å². The van der Waals surface area contributed by atoms with Gasteiger partial charge in [-0.25, -0.2) is 4.68 Å². The Morgan fingerprint density at radius 2 is 1.96 bits per heavy atom. The summed E-state index contributed by atoms with van der Waals surface area (Å²) >= 11 is 6.90. The molecule has 9 heteroatoms. The monoisotopic (exact) mass is 415 g/mol. The highest BCUT2D eigenvalue weighted by molar-refractivity contribution is 7.71. The highest BCUT2D eigenvalue weighted by Gasteiger charge is 2.23. The number of nitrogens with one attached hydrogen (secondary N) is 1. The highest BCUT2D eigenvalue weighted by atomic mass is 32.1. The number of aromatic amines is 1. The van der Waals surface area contributed by atoms with Crippen molar-refractivity contribution in [2.24, 2.45) is 0 Å². The third kappa shape index (κ3) is 4.01. The first-order valence-corrected chi connectivity index (χ1v) is 10.3. The summed E-state index contributed by atoms with van der Waals surface area (Å²) in [6, 6.07) is 11.5. The second-order valence-electron chi connectivity index (χ2n) is 6.54. The van der Waals surface area contributed by atoms with E-state index in [9.17, 15) is 4.79 Å². The molecule has 2 aromatic heterocycles. The Bertz CT molecular complexity index is 986. The number of amides is 1. The van der Waals surface area contributed by atoms with Gasteiger partial charge in [0.2, 0.25) is 4.77 Å². The van der Waals surface area contributed by atoms with Crippen molar-refractivity contribution < 1.29 is 9.53 Å². The first-order valence-electron chi connectivity index (χ1n) is 9.00. The predicted octanol–water partition coefficient (Wildman–Crippen LogP) is 3.09. The molecule has 1 saturated heterocycles. The Labute approximate surface area is 172 Å². The fraction of sp³-hybridized carbons (Fsp3) is 0.316. The molecule has 0 saturated carbocycles. The third-order valence-electron chi connectivity index (χ3n) is 4.78. The maximum atomic E-state index is 12.5. The van der Waals surface area contributed by atoms with E-state index in [1.165, 1.54) is 11.3 Å². The number of benzene rings is 1. The van der Waals surface area contributed by atoms with Crippen LogP contribution in [0.3, 0.4) is 0 Å². The lowest BCUT2D eigenvalue weighted by Crippen LogP contribution is -2.48. The number of nitrogens with zero attached hydrogens (tertiary/aromatic N) is 4. The number of carbonyl (C=O) groups is 1. The maximum Gasteiger partial charge on any atom is 0.264 e. The molecule has 0 aliphatic carbocycles. The molecule has 1 N–H and O–H groups in total. The average Bonchev–Trinajstić information content (AvgIpc) is 3.39. The molecule has 146 valence electrons. The SMILES string of the molecule is COc1ccc(-c2nc(=S)n(CN3CCN(C(=O)c4cccs4)CC3)[nH]2)cc1. The molecular weight excluding hydrogens is 394 g/mol. The van der Waals surface area contributed by atoms with E-state index in [0.29, 0.717) is 24.5 Å². The first kappa shape index (κ1) is 18.9. The van der Waals surface area contributed by atoms with Gasteiger partial charge in [0.05, 0.1) is 18.7 Å². The zero-order valence-electron chi connectivity index (χ0n) is 15.5. The molecule has 0 spiro atoms. The van der Waals surface area contributed by atoms with Crippen LogP contribution in [0.5, 0.6) is 5.75 Å². The van der Waals surface area contributed by atoms with E-state index in [1.807, 2.05) is 51.4 Å². The topological polar surface area (TPSA) is 66.4 Å². The Balaban J connectivity index is 1.38. The fourth-order valence-electron chi connectivity index (χ4n) is 3.18. The molecule has 7 nitrogen and oxygen atoms in total. The van der Waals surface area contributed by atoms with Gasteiger partial charge in [-0.05, 0) is 47.9 Å². The summed E-state index contributed by atoms with van der Waals surface area (Å²) in [6.45, 7) is 3.65. The molecule has 0 atom stereocenters. The van der Waals surface area contributed by atoms with Crippen LogP contribution >= 0.6 is 23.6 Å². The van der Waals surface area contributed by atoms with Gasteiger partial charge >= 0.3 is 0 Å². The van der Waals surface area contributed by atoms with Crippen molar-refractivity contribution in [3.05, 3.63) is 51.4 Å². The van der Waals surface area contributed by atoms with Crippen molar-refractivity contribution in [3.63, 3.8) is 0 Å². The molecule has 0 radical (unpaired) electrons. The molecule has 1 aliphatic rings. The maximum absolute atomic E-state index is 12.5. The summed E-state index contributed by atoms with van der Waals surface area (Å²) < 4.78 is 7.58. The molecule has 0 unspecified atom stereocenters. The van der Waals surface area contributed by atoms with Crippen LogP contribution in [0, 0.1) is 4.77 Å². The average molecular weight is 416 g/mol. The molecule has 1 amide bonds. The summed E-state index contributed by atoms with van der Waals surface area (Å²) in [5.41, 5.74) is 0.956. The van der Waals surface area contributed by atoms with E-state index in [2.05, 4.69) is 15.0 Å². The van der Waals surface area contributed by atoms with E-state index < -0.39 is 0 Å². The number of carbonyl (C=O) groups excluding carboxylic acids is 1. The van der Waals surface area contributed by atoms with E-state index >= 15 is 0 Å². The lowest BCUT2D eigenvalue weighted by atomic mass is 10.2. The second kappa shape index (κ2) is 8.26. The summed E-state index contributed by atoms with van der Waals surface area (Å²) in [4.78, 5) is 21.9. The van der Waals surface area contributed by atoms with Crippen LogP contribution in [0.25, 0.3) is 11.4 Å². The van der Waals surface area contributed by atoms with Crippen molar-refractivity contribution >= 4 is 29.5 Å². The van der Waals surface area contributed by atoms with Crippen LogP contribution in [0.4, 0.5) is 0 Å². The summed E-state index contributed by atoms with van der Waals surface area (Å²) in [5.74, 6) is 1.66. The van der Waals surface area contributed by atoms with E-state index in [1.54, 1.807) is 7.11 Å². The lowest BCUT2D eigenvalue weighted by Gasteiger charge is -2.34. The van der Waals surface area contributed by atoms with E-state index in [4.69, 9.17) is 17.0 Å². The van der Waals surface area contributed by atoms with Crippen LogP contribution in [0.2, 0.25) is 0 Å². The van der Waals surface area contributed by atoms with Gasteiger partial charge in [0.1, 0.15) is 5.75 Å². The number of H-pyrrole nitrogens is 1. The van der Waals surface area contributed by atoms with Crippen LogP contribution in [-0.2, 0) is 6.67 Å². The van der Waals surface area contributed by atoms with Crippen LogP contribution in [0.15, 0.2) is 41.8 Å². The third-order valence-corrected chi connectivity index (χ3v) is 5.95. The zero-order chi connectivity index (χ0) is 19.5. The molecule has 1 aliphatic heterocycles. The van der Waals surface area contributed by atoms with Crippen LogP contribution in [-0.4, -0.2) is 63.8 Å². The number of hydrogen-bond donors (Lipinski definition) is 1. The summed E-state index contributed by atoms with van der Waals surface area (Å²) in [6.07, 6.45) is 0. The highest BCUT2D eigenvalue weighted by Crippen LogP contribution is 2.19. The molecule has 3 heterocycles. The fourth-order valence-corrected chi connectivity index (χ4v) is 4.06. The van der Waals surface area contributed by atoms with Gasteiger partial charge in [0, 0.05) is 31.7 Å². The van der Waals surface area contributed by atoms with Gasteiger partial charge in [-0.1, -0.05) is 6.07 Å². The molecule has 1 aromatic carbocycles. The number of thiophene rings is 1. The number of methoxy groups -OCH3 is 1. The Kier molecular flexibility index (Phi) is 5.56. The quantitative estimate of drug-likeness (QED) is 0.649. The van der Waals surface area contributed by atoms with Crippen molar-refractivity contribution in [2.75, 3.05) is 33.3 Å². The number of hydrogen-bond acceptors (Lipinski definition) is 6. The number of piperazine rings is 1. The summed E-state index contributed by atoms with van der Waals surface area (Å²) in [5, 5.41) is 5.21. The van der Waals surface area contributed by atoms with Crippen molar-refractivity contribution in [1.82, 2.24) is 24.6 Å². The largest absolute Gasteiger partial charge is 0.497 e. The van der Waals surface area contributed by atoms with Gasteiger partial charge in [-0.15, -0.1) is 11.3 Å². The normalized spacial score (nSPS) is 15.0. The van der Waals surface area contributed by atoms with Crippen molar-refractivity contribution in [2.45, 2.75) is 6.67 Å². The smallest absolute Gasteiger partial charge is 0.264 e. The van der Waals surface area contributed by atoms with E-state index in [0.717, 1.165) is 35.1 Å². The number of rotatable bonds is 5. The van der Waals surface area contributed by atoms with Gasteiger partial charge in [0.15, 0.2) is 5.82 Å². The summed E-state index contributed by atoms with van der Waals surface area (Å²) in [7, 11) is 1.64. The molecule has 1 fully saturated rings. The zero-order valence-corrected chi connectivity index (χ0v) is 17.1. The molecule has 4 rings (SSSR count). The van der Waals surface area contributed by atoms with Gasteiger partial charge < -0.3 is 9.64 Å². The standard InChI is InChI=1S/C19H21N5O2S2/c1-26-15-6-4-14(5-7-15)17-20-19(27)24(21-17)13-22-8-10-23(11-9-22)18(25)16-3-2-12-28-16/h2-7,12H,8-11,13H2,1H3,(H,20,21,27). The molecule has 3 aromatic rings. The minimum atomic E-state index is 0.120. The van der Waals surface area contributed by atoms with Gasteiger partial charge in [-0.2, -0.15) is 4.98 Å². The Morgan fingerprint density at radius 3 is 2.61 bits per heavy atom. The predicted molar refractivity (Wildman–Crippen MR) is 111 cm³/mol. The minimum Gasteiger partial charge on any atom is -0.497 e. The molecule has 28 heavy (non-hydrogen) atoms. The minimum absolute atomic E-state index is 0.120. The Hall–Kier alpha value is -2.49. The van der Waals surface area contributed by atoms with Crippen LogP contribution < -0.4 is 4.74 Å². The van der Waals surface area contributed by atoms with Crippen molar-refractivity contribution in [3.8, 4) is 17.1 Å². The van der Waals surface area contributed by atoms with Gasteiger partial charge in [0.25, 0.3) is 5.91 Å². The molecular formula is C19H21N5O2S2. The molecule has 0 bridgehead atoms. The van der Waals surface area contributed by atoms with Crippen LogP contribution in [0.1, 0.15) is 9.67 Å². The second-order valence-corrected chi connectivity index (χ2v) is 7.85. The first-order chi connectivity index (χ1) is 13.6. The number of aromatic nitrogens is 3.